The van der Waals surface area contributed by atoms with Crippen molar-refractivity contribution in [3.63, 3.8) is 0 Å². The Balaban J connectivity index is 0.00000529. The quantitative estimate of drug-likeness (QED) is 0.244. The Bertz CT molecular complexity index is 323. The van der Waals surface area contributed by atoms with Crippen molar-refractivity contribution in [3.05, 3.63) is 0 Å². The lowest BCUT2D eigenvalue weighted by Gasteiger charge is -2.35. The number of nitrogens with one attached hydrogen (secondary N) is 2. The van der Waals surface area contributed by atoms with Gasteiger partial charge in [0.15, 0.2) is 5.96 Å². The van der Waals surface area contributed by atoms with E-state index in [-0.39, 0.29) is 24.0 Å². The van der Waals surface area contributed by atoms with E-state index in [2.05, 4.69) is 53.1 Å². The number of aliphatic imine (C=N–C) groups is 1. The molecule has 0 aromatic carbocycles. The molecule has 0 unspecified atom stereocenters. The first kappa shape index (κ1) is 23.9. The first-order valence-electron chi connectivity index (χ1n) is 9.54. The number of likely N-dealkylation sites (tertiary alicyclic amines) is 1. The van der Waals surface area contributed by atoms with Gasteiger partial charge in [-0.25, -0.2) is 0 Å². The lowest BCUT2D eigenvalue weighted by molar-refractivity contribution is 0.167. The Kier molecular flexibility index (Phi) is 14.1. The zero-order valence-electron chi connectivity index (χ0n) is 16.5. The summed E-state index contributed by atoms with van der Waals surface area (Å²) >= 11 is 0. The number of rotatable bonds is 9. The minimum atomic E-state index is 0. The van der Waals surface area contributed by atoms with Crippen LogP contribution in [0.25, 0.3) is 0 Å². The fraction of sp³-hybridized carbons (Fsp3) is 0.944. The smallest absolute Gasteiger partial charge is 0.191 e. The summed E-state index contributed by atoms with van der Waals surface area (Å²) in [5.74, 6) is 0.968. The number of halogens is 1. The highest BCUT2D eigenvalue weighted by Gasteiger charge is 2.21. The summed E-state index contributed by atoms with van der Waals surface area (Å²) in [6.45, 7) is 15.9. The molecule has 1 aliphatic rings. The molecule has 24 heavy (non-hydrogen) atoms. The molecule has 1 rings (SSSR count). The summed E-state index contributed by atoms with van der Waals surface area (Å²) in [6, 6.07) is 1.23. The van der Waals surface area contributed by atoms with Crippen LogP contribution in [0.15, 0.2) is 4.99 Å². The molecule has 0 amide bonds. The lowest BCUT2D eigenvalue weighted by Crippen LogP contribution is -2.50. The van der Waals surface area contributed by atoms with Gasteiger partial charge in [0.1, 0.15) is 0 Å². The van der Waals surface area contributed by atoms with E-state index in [1.807, 2.05) is 7.05 Å². The van der Waals surface area contributed by atoms with Gasteiger partial charge in [-0.05, 0) is 59.2 Å². The maximum absolute atomic E-state index is 4.37. The number of guanidine groups is 1. The summed E-state index contributed by atoms with van der Waals surface area (Å²) in [5.41, 5.74) is 0. The van der Waals surface area contributed by atoms with E-state index in [0.717, 1.165) is 25.6 Å². The van der Waals surface area contributed by atoms with Crippen LogP contribution in [-0.4, -0.2) is 74.2 Å². The third kappa shape index (κ3) is 9.42. The van der Waals surface area contributed by atoms with Crippen LogP contribution in [0.2, 0.25) is 0 Å². The largest absolute Gasteiger partial charge is 0.356 e. The van der Waals surface area contributed by atoms with E-state index in [4.69, 9.17) is 0 Å². The van der Waals surface area contributed by atoms with E-state index in [9.17, 15) is 0 Å². The van der Waals surface area contributed by atoms with Crippen LogP contribution in [0.3, 0.4) is 0 Å². The highest BCUT2D eigenvalue weighted by Crippen LogP contribution is 2.12. The van der Waals surface area contributed by atoms with Crippen molar-refractivity contribution >= 4 is 29.9 Å². The second-order valence-electron chi connectivity index (χ2n) is 6.78. The Morgan fingerprint density at radius 1 is 1.17 bits per heavy atom. The molecule has 0 aliphatic carbocycles. The molecule has 0 aromatic rings. The van der Waals surface area contributed by atoms with Gasteiger partial charge in [0.2, 0.25) is 0 Å². The molecule has 1 fully saturated rings. The number of unbranched alkanes of at least 4 members (excludes halogenated alkanes) is 1. The lowest BCUT2D eigenvalue weighted by atomic mass is 10.0. The maximum Gasteiger partial charge on any atom is 0.191 e. The molecule has 0 aromatic heterocycles. The molecule has 0 bridgehead atoms. The van der Waals surface area contributed by atoms with Crippen molar-refractivity contribution in [1.29, 1.82) is 0 Å². The van der Waals surface area contributed by atoms with Crippen LogP contribution in [0.4, 0.5) is 0 Å². The first-order chi connectivity index (χ1) is 11.1. The zero-order chi connectivity index (χ0) is 17.1. The molecular formula is C18H40IN5. The fourth-order valence-electron chi connectivity index (χ4n) is 3.16. The molecule has 0 atom stereocenters. The van der Waals surface area contributed by atoms with E-state index in [1.165, 1.54) is 45.3 Å². The van der Waals surface area contributed by atoms with E-state index in [0.29, 0.717) is 12.1 Å². The highest BCUT2D eigenvalue weighted by atomic mass is 127. The first-order valence-corrected chi connectivity index (χ1v) is 9.54. The maximum atomic E-state index is 4.37. The van der Waals surface area contributed by atoms with Crippen molar-refractivity contribution in [3.8, 4) is 0 Å². The average molecular weight is 453 g/mol. The van der Waals surface area contributed by atoms with Crippen LogP contribution < -0.4 is 10.6 Å². The second kappa shape index (κ2) is 14.1. The molecule has 1 saturated heterocycles. The number of nitrogens with zero attached hydrogens (tertiary/aromatic N) is 3. The third-order valence-corrected chi connectivity index (χ3v) is 4.91. The van der Waals surface area contributed by atoms with Crippen molar-refractivity contribution in [2.24, 2.45) is 4.99 Å². The Hall–Kier alpha value is -0.0800. The topological polar surface area (TPSA) is 42.9 Å². The second-order valence-corrected chi connectivity index (χ2v) is 6.78. The minimum Gasteiger partial charge on any atom is -0.356 e. The molecule has 0 radical (unpaired) electrons. The molecular weight excluding hydrogens is 413 g/mol. The standard InChI is InChI=1S/C18H39N5.HI/c1-6-22(7-2)13-9-8-12-20-18(19-5)21-17-10-14-23(15-11-17)16(3)4;/h16-17H,6-15H2,1-5H3,(H2,19,20,21);1H. The van der Waals surface area contributed by atoms with E-state index >= 15 is 0 Å². The van der Waals surface area contributed by atoms with Crippen LogP contribution >= 0.6 is 24.0 Å². The Labute approximate surface area is 167 Å². The van der Waals surface area contributed by atoms with Gasteiger partial charge in [0.25, 0.3) is 0 Å². The molecule has 1 heterocycles. The molecule has 2 N–H and O–H groups in total. The average Bonchev–Trinajstić information content (AvgIpc) is 2.57. The summed E-state index contributed by atoms with van der Waals surface area (Å²) in [7, 11) is 1.87. The molecule has 144 valence electrons. The Morgan fingerprint density at radius 3 is 2.29 bits per heavy atom. The highest BCUT2D eigenvalue weighted by molar-refractivity contribution is 14.0. The van der Waals surface area contributed by atoms with Crippen LogP contribution in [0, 0.1) is 0 Å². The third-order valence-electron chi connectivity index (χ3n) is 4.91. The number of piperidine rings is 1. The zero-order valence-corrected chi connectivity index (χ0v) is 18.8. The van der Waals surface area contributed by atoms with Gasteiger partial charge >= 0.3 is 0 Å². The van der Waals surface area contributed by atoms with Gasteiger partial charge in [-0.1, -0.05) is 13.8 Å². The van der Waals surface area contributed by atoms with Gasteiger partial charge < -0.3 is 20.4 Å². The van der Waals surface area contributed by atoms with Crippen LogP contribution in [-0.2, 0) is 0 Å². The van der Waals surface area contributed by atoms with Gasteiger partial charge in [0, 0.05) is 38.8 Å². The van der Waals surface area contributed by atoms with Crippen molar-refractivity contribution in [2.45, 2.75) is 65.5 Å². The molecule has 0 spiro atoms. The van der Waals surface area contributed by atoms with E-state index in [1.54, 1.807) is 0 Å². The minimum absolute atomic E-state index is 0. The van der Waals surface area contributed by atoms with Crippen molar-refractivity contribution in [2.75, 3.05) is 46.3 Å². The van der Waals surface area contributed by atoms with Crippen molar-refractivity contribution < 1.29 is 0 Å². The fourth-order valence-corrected chi connectivity index (χ4v) is 3.16. The predicted octanol–water partition coefficient (Wildman–Crippen LogP) is 2.76. The predicted molar refractivity (Wildman–Crippen MR) is 117 cm³/mol. The van der Waals surface area contributed by atoms with Gasteiger partial charge in [-0.15, -0.1) is 24.0 Å². The molecule has 1 aliphatic heterocycles. The van der Waals surface area contributed by atoms with Gasteiger partial charge in [-0.3, -0.25) is 4.99 Å². The van der Waals surface area contributed by atoms with Crippen LogP contribution in [0.5, 0.6) is 0 Å². The Morgan fingerprint density at radius 2 is 1.79 bits per heavy atom. The summed E-state index contributed by atoms with van der Waals surface area (Å²) < 4.78 is 0. The van der Waals surface area contributed by atoms with E-state index < -0.39 is 0 Å². The SMILES string of the molecule is CCN(CC)CCCCNC(=NC)NC1CCN(C(C)C)CC1.I. The van der Waals surface area contributed by atoms with Gasteiger partial charge in [0.05, 0.1) is 0 Å². The molecule has 0 saturated carbocycles. The summed E-state index contributed by atoms with van der Waals surface area (Å²) in [4.78, 5) is 9.41. The number of hydrogen-bond acceptors (Lipinski definition) is 3. The van der Waals surface area contributed by atoms with Gasteiger partial charge in [-0.2, -0.15) is 0 Å². The number of hydrogen-bond donors (Lipinski definition) is 2. The normalized spacial score (nSPS) is 17.2. The summed E-state index contributed by atoms with van der Waals surface area (Å²) in [6.07, 6.45) is 4.86. The molecule has 6 heteroatoms. The van der Waals surface area contributed by atoms with Crippen LogP contribution in [0.1, 0.15) is 53.4 Å². The monoisotopic (exact) mass is 453 g/mol. The van der Waals surface area contributed by atoms with Crippen molar-refractivity contribution in [1.82, 2.24) is 20.4 Å². The summed E-state index contributed by atoms with van der Waals surface area (Å²) in [5, 5.41) is 7.06. The molecule has 5 nitrogen and oxygen atoms in total.